The van der Waals surface area contributed by atoms with E-state index in [-0.39, 0.29) is 0 Å². The molecule has 1 rings (SSSR count). The Bertz CT molecular complexity index is 311. The van der Waals surface area contributed by atoms with Gasteiger partial charge in [-0.15, -0.1) is 0 Å². The molecule has 0 aliphatic heterocycles. The van der Waals surface area contributed by atoms with Crippen molar-refractivity contribution >= 4 is 6.08 Å². The lowest BCUT2D eigenvalue weighted by Gasteiger charge is -2.01. The smallest absolute Gasteiger partial charge is 0.126 e. The third kappa shape index (κ3) is 9.89. The minimum Gasteiger partial charge on any atom is -0.465 e. The Morgan fingerprint density at radius 2 is 1.45 bits per heavy atom. The molecule has 0 unspecified atom stereocenters. The topological polar surface area (TPSA) is 13.1 Å². The van der Waals surface area contributed by atoms with E-state index in [0.717, 1.165) is 5.76 Å². The lowest BCUT2D eigenvalue weighted by molar-refractivity contribution is 0.550. The molecule has 0 bridgehead atoms. The van der Waals surface area contributed by atoms with Gasteiger partial charge in [-0.1, -0.05) is 77.2 Å². The summed E-state index contributed by atoms with van der Waals surface area (Å²) in [6.45, 7) is 2.28. The summed E-state index contributed by atoms with van der Waals surface area (Å²) in [5, 5.41) is 0. The number of furan rings is 1. The summed E-state index contributed by atoms with van der Waals surface area (Å²) >= 11 is 0. The van der Waals surface area contributed by atoms with Gasteiger partial charge >= 0.3 is 0 Å². The maximum absolute atomic E-state index is 5.25. The summed E-state index contributed by atoms with van der Waals surface area (Å²) in [7, 11) is 0. The highest BCUT2D eigenvalue weighted by atomic mass is 16.3. The van der Waals surface area contributed by atoms with E-state index in [1.54, 1.807) is 6.26 Å². The van der Waals surface area contributed by atoms with Gasteiger partial charge in [0, 0.05) is 0 Å². The van der Waals surface area contributed by atoms with Crippen LogP contribution in [0.15, 0.2) is 28.9 Å². The number of hydrogen-bond donors (Lipinski definition) is 0. The summed E-state index contributed by atoms with van der Waals surface area (Å²) in [6, 6.07) is 3.93. The first-order valence-electron chi connectivity index (χ1n) is 8.63. The van der Waals surface area contributed by atoms with Gasteiger partial charge in [-0.25, -0.2) is 0 Å². The van der Waals surface area contributed by atoms with E-state index in [2.05, 4.69) is 19.1 Å². The molecule has 0 N–H and O–H groups in total. The lowest BCUT2D eigenvalue weighted by Crippen LogP contribution is -1.81. The molecule has 0 radical (unpaired) electrons. The molecule has 0 aliphatic carbocycles. The molecule has 0 saturated carbocycles. The van der Waals surface area contributed by atoms with Crippen molar-refractivity contribution < 1.29 is 4.42 Å². The average Bonchev–Trinajstić information content (AvgIpc) is 2.97. The normalized spacial score (nSPS) is 11.4. The Balaban J connectivity index is 1.76. The van der Waals surface area contributed by atoms with Crippen molar-refractivity contribution in [1.29, 1.82) is 0 Å². The van der Waals surface area contributed by atoms with Crippen LogP contribution in [-0.2, 0) is 0 Å². The van der Waals surface area contributed by atoms with Crippen LogP contribution in [0.1, 0.15) is 89.7 Å². The van der Waals surface area contributed by atoms with E-state index in [1.807, 2.05) is 12.1 Å². The van der Waals surface area contributed by atoms with Crippen molar-refractivity contribution in [3.63, 3.8) is 0 Å². The molecule has 1 nitrogen and oxygen atoms in total. The molecule has 0 saturated heterocycles. The first kappa shape index (κ1) is 17.1. The van der Waals surface area contributed by atoms with Crippen LogP contribution >= 0.6 is 0 Å². The standard InChI is InChI=1S/C19H32O/c1-2-3-4-5-6-7-8-9-10-11-12-13-14-16-19-17-15-18-20-19/h14-18H,2-13H2,1H3. The molecule has 114 valence electrons. The first-order chi connectivity index (χ1) is 9.93. The first-order valence-corrected chi connectivity index (χ1v) is 8.63. The quantitative estimate of drug-likeness (QED) is 0.354. The minimum atomic E-state index is 0.966. The second-order valence-electron chi connectivity index (χ2n) is 5.74. The van der Waals surface area contributed by atoms with Crippen molar-refractivity contribution in [2.24, 2.45) is 0 Å². The van der Waals surface area contributed by atoms with Gasteiger partial charge in [0.15, 0.2) is 0 Å². The Labute approximate surface area is 125 Å². The van der Waals surface area contributed by atoms with E-state index in [1.165, 1.54) is 77.0 Å². The largest absolute Gasteiger partial charge is 0.465 e. The van der Waals surface area contributed by atoms with Gasteiger partial charge in [0.2, 0.25) is 0 Å². The van der Waals surface area contributed by atoms with Gasteiger partial charge in [0.1, 0.15) is 5.76 Å². The second kappa shape index (κ2) is 13.0. The van der Waals surface area contributed by atoms with Crippen molar-refractivity contribution in [2.75, 3.05) is 0 Å². The molecular weight excluding hydrogens is 244 g/mol. The summed E-state index contributed by atoms with van der Waals surface area (Å²) < 4.78 is 5.25. The van der Waals surface area contributed by atoms with Gasteiger partial charge in [-0.2, -0.15) is 0 Å². The van der Waals surface area contributed by atoms with Gasteiger partial charge < -0.3 is 4.42 Å². The summed E-state index contributed by atoms with van der Waals surface area (Å²) in [6.07, 6.45) is 22.7. The monoisotopic (exact) mass is 276 g/mol. The van der Waals surface area contributed by atoms with Crippen LogP contribution in [-0.4, -0.2) is 0 Å². The summed E-state index contributed by atoms with van der Waals surface area (Å²) in [5.41, 5.74) is 0. The Kier molecular flexibility index (Phi) is 11.1. The van der Waals surface area contributed by atoms with Crippen LogP contribution in [0.5, 0.6) is 0 Å². The third-order valence-electron chi connectivity index (χ3n) is 3.80. The summed E-state index contributed by atoms with van der Waals surface area (Å²) in [4.78, 5) is 0. The van der Waals surface area contributed by atoms with Crippen molar-refractivity contribution in [3.05, 3.63) is 30.2 Å². The maximum Gasteiger partial charge on any atom is 0.126 e. The fourth-order valence-electron chi connectivity index (χ4n) is 2.51. The van der Waals surface area contributed by atoms with Crippen LogP contribution in [0.2, 0.25) is 0 Å². The molecule has 1 aromatic rings. The molecule has 0 aliphatic rings. The predicted molar refractivity (Wildman–Crippen MR) is 88.8 cm³/mol. The van der Waals surface area contributed by atoms with Crippen molar-refractivity contribution in [3.8, 4) is 0 Å². The van der Waals surface area contributed by atoms with E-state index < -0.39 is 0 Å². The zero-order chi connectivity index (χ0) is 14.3. The van der Waals surface area contributed by atoms with Gasteiger partial charge in [-0.3, -0.25) is 0 Å². The highest BCUT2D eigenvalue weighted by molar-refractivity contribution is 5.41. The fraction of sp³-hybridized carbons (Fsp3) is 0.684. The molecule has 0 fully saturated rings. The second-order valence-corrected chi connectivity index (χ2v) is 5.74. The van der Waals surface area contributed by atoms with E-state index in [9.17, 15) is 0 Å². The molecule has 1 heteroatoms. The van der Waals surface area contributed by atoms with Gasteiger partial charge in [0.05, 0.1) is 6.26 Å². The maximum atomic E-state index is 5.25. The molecule has 0 atom stereocenters. The molecule has 1 aromatic heterocycles. The Morgan fingerprint density at radius 1 is 0.850 bits per heavy atom. The Morgan fingerprint density at radius 3 is 2.00 bits per heavy atom. The molecule has 0 amide bonds. The SMILES string of the molecule is CCCCCCCCCCCCCC=Cc1ccco1. The van der Waals surface area contributed by atoms with Crippen LogP contribution in [0.3, 0.4) is 0 Å². The number of hydrogen-bond acceptors (Lipinski definition) is 1. The zero-order valence-corrected chi connectivity index (χ0v) is 13.3. The number of unbranched alkanes of at least 4 members (excludes halogenated alkanes) is 11. The highest BCUT2D eigenvalue weighted by Gasteiger charge is 1.92. The predicted octanol–water partition coefficient (Wildman–Crippen LogP) is 6.99. The fourth-order valence-corrected chi connectivity index (χ4v) is 2.51. The molecular formula is C19H32O. The van der Waals surface area contributed by atoms with Crippen LogP contribution in [0.4, 0.5) is 0 Å². The van der Waals surface area contributed by atoms with Crippen LogP contribution < -0.4 is 0 Å². The molecule has 0 spiro atoms. The van der Waals surface area contributed by atoms with Crippen LogP contribution in [0, 0.1) is 0 Å². The molecule has 1 heterocycles. The van der Waals surface area contributed by atoms with Gasteiger partial charge in [0.25, 0.3) is 0 Å². The summed E-state index contributed by atoms with van der Waals surface area (Å²) in [5.74, 6) is 0.966. The van der Waals surface area contributed by atoms with E-state index >= 15 is 0 Å². The Hall–Kier alpha value is -0.980. The van der Waals surface area contributed by atoms with Crippen LogP contribution in [0.25, 0.3) is 6.08 Å². The molecule has 20 heavy (non-hydrogen) atoms. The zero-order valence-electron chi connectivity index (χ0n) is 13.3. The van der Waals surface area contributed by atoms with E-state index in [4.69, 9.17) is 4.42 Å². The highest BCUT2D eigenvalue weighted by Crippen LogP contribution is 2.12. The average molecular weight is 276 g/mol. The lowest BCUT2D eigenvalue weighted by atomic mass is 10.1. The van der Waals surface area contributed by atoms with E-state index in [0.29, 0.717) is 0 Å². The van der Waals surface area contributed by atoms with Gasteiger partial charge in [-0.05, 0) is 31.1 Å². The number of allylic oxidation sites excluding steroid dienone is 1. The molecule has 0 aromatic carbocycles. The minimum absolute atomic E-state index is 0.966. The van der Waals surface area contributed by atoms with Crippen molar-refractivity contribution in [2.45, 2.75) is 84.0 Å². The van der Waals surface area contributed by atoms with Crippen molar-refractivity contribution in [1.82, 2.24) is 0 Å². The third-order valence-corrected chi connectivity index (χ3v) is 3.80. The number of rotatable bonds is 13.